The zero-order chi connectivity index (χ0) is 29.2. The van der Waals surface area contributed by atoms with Crippen LogP contribution in [0.25, 0.3) is 0 Å². The number of quaternary nitrogens is 1. The van der Waals surface area contributed by atoms with Crippen LogP contribution < -0.4 is 0 Å². The molecule has 0 aliphatic heterocycles. The minimum absolute atomic E-state index is 0.0386. The van der Waals surface area contributed by atoms with Gasteiger partial charge in [-0.1, -0.05) is 79.8 Å². The number of rotatable bonds is 23. The van der Waals surface area contributed by atoms with E-state index in [1.807, 2.05) is 33.3 Å². The lowest BCUT2D eigenvalue weighted by Crippen LogP contribution is -2.37. The lowest BCUT2D eigenvalue weighted by atomic mass is 10.2. The molecule has 0 aromatic heterocycles. The zero-order valence-electron chi connectivity index (χ0n) is 24.3. The van der Waals surface area contributed by atoms with Crippen molar-refractivity contribution < 1.29 is 37.6 Å². The van der Waals surface area contributed by atoms with E-state index in [0.29, 0.717) is 17.4 Å². The molecular weight excluding hydrogens is 517 g/mol. The van der Waals surface area contributed by atoms with Crippen LogP contribution in [0, 0.1) is 0 Å². The highest BCUT2D eigenvalue weighted by Crippen LogP contribution is 2.43. The summed E-state index contributed by atoms with van der Waals surface area (Å²) in [6.45, 7) is 1.90. The molecule has 0 saturated carbocycles. The molecule has 0 radical (unpaired) electrons. The molecule has 39 heavy (non-hydrogen) atoms. The Morgan fingerprint density at radius 1 is 0.769 bits per heavy atom. The topological polar surface area (TPSA) is 102 Å². The SMILES string of the molecule is CC/C=C\C/C=C\C/C=C\C/C=C\C/C=C\C/C=C\CCC(=O)OC[C@@H](O)COP(=O)(O)OCC[N+](C)(C)C. The second kappa shape index (κ2) is 23.8. The van der Waals surface area contributed by atoms with Gasteiger partial charge in [0.25, 0.3) is 0 Å². The zero-order valence-corrected chi connectivity index (χ0v) is 25.2. The van der Waals surface area contributed by atoms with Crippen LogP contribution in [0.4, 0.5) is 0 Å². The fraction of sp³-hybridized carbons (Fsp3) is 0.567. The van der Waals surface area contributed by atoms with Gasteiger partial charge in [-0.3, -0.25) is 13.8 Å². The van der Waals surface area contributed by atoms with Gasteiger partial charge >= 0.3 is 13.8 Å². The van der Waals surface area contributed by atoms with Crippen LogP contribution in [0.3, 0.4) is 0 Å². The molecule has 2 atom stereocenters. The fourth-order valence-corrected chi connectivity index (χ4v) is 3.55. The standard InChI is InChI=1S/C30H50NO7P/c1-5-6-7-8-9-10-11-12-13-14-15-16-17-18-19-20-21-22-23-24-30(33)36-27-29(32)28-38-39(34,35)37-26-25-31(2,3)4/h6-7,9-10,12-13,15-16,18-19,21-22,29,32H,5,8,11,14,17,20,23-28H2,1-4H3/p+1/b7-6-,10-9-,13-12-,16-15-,19-18-,22-21-/t29-/m1/s1. The largest absolute Gasteiger partial charge is 0.472 e. The van der Waals surface area contributed by atoms with Crippen molar-refractivity contribution in [2.45, 2.75) is 64.4 Å². The van der Waals surface area contributed by atoms with E-state index in [-0.39, 0.29) is 19.6 Å². The van der Waals surface area contributed by atoms with Gasteiger partial charge < -0.3 is 19.2 Å². The quantitative estimate of drug-likeness (QED) is 0.0654. The first kappa shape index (κ1) is 36.9. The average molecular weight is 569 g/mol. The van der Waals surface area contributed by atoms with E-state index < -0.39 is 26.5 Å². The van der Waals surface area contributed by atoms with Gasteiger partial charge in [0.05, 0.1) is 27.7 Å². The molecule has 0 fully saturated rings. The molecule has 8 nitrogen and oxygen atoms in total. The smallest absolute Gasteiger partial charge is 0.463 e. The first-order valence-corrected chi connectivity index (χ1v) is 15.2. The molecule has 0 saturated heterocycles. The molecule has 0 bridgehead atoms. The van der Waals surface area contributed by atoms with E-state index >= 15 is 0 Å². The van der Waals surface area contributed by atoms with Gasteiger partial charge in [-0.05, 0) is 44.9 Å². The van der Waals surface area contributed by atoms with E-state index in [4.69, 9.17) is 13.8 Å². The Bertz CT molecular complexity index is 854. The Labute approximate surface area is 236 Å². The van der Waals surface area contributed by atoms with Crippen molar-refractivity contribution in [1.29, 1.82) is 0 Å². The number of likely N-dealkylation sites (N-methyl/N-ethyl adjacent to an activating group) is 1. The Morgan fingerprint density at radius 2 is 1.23 bits per heavy atom. The van der Waals surface area contributed by atoms with Crippen molar-refractivity contribution in [1.82, 2.24) is 0 Å². The van der Waals surface area contributed by atoms with Crippen LogP contribution in [-0.4, -0.2) is 74.1 Å². The summed E-state index contributed by atoms with van der Waals surface area (Å²) >= 11 is 0. The summed E-state index contributed by atoms with van der Waals surface area (Å²) < 4.78 is 27.0. The van der Waals surface area contributed by atoms with E-state index in [9.17, 15) is 19.4 Å². The molecule has 0 aromatic carbocycles. The number of ether oxygens (including phenoxy) is 1. The highest BCUT2D eigenvalue weighted by atomic mass is 31.2. The summed E-state index contributed by atoms with van der Waals surface area (Å²) in [7, 11) is 1.51. The molecule has 0 amide bonds. The molecule has 0 aliphatic carbocycles. The van der Waals surface area contributed by atoms with Gasteiger partial charge in [-0.2, -0.15) is 0 Å². The lowest BCUT2D eigenvalue weighted by Gasteiger charge is -2.24. The summed E-state index contributed by atoms with van der Waals surface area (Å²) in [6, 6.07) is 0. The molecule has 9 heteroatoms. The van der Waals surface area contributed by atoms with E-state index in [2.05, 4.69) is 67.7 Å². The highest BCUT2D eigenvalue weighted by molar-refractivity contribution is 7.47. The van der Waals surface area contributed by atoms with E-state index in [1.165, 1.54) is 0 Å². The van der Waals surface area contributed by atoms with Crippen molar-refractivity contribution in [2.75, 3.05) is 47.5 Å². The van der Waals surface area contributed by atoms with Crippen molar-refractivity contribution >= 4 is 13.8 Å². The Kier molecular flexibility index (Phi) is 22.5. The maximum atomic E-state index is 11.8. The fourth-order valence-electron chi connectivity index (χ4n) is 2.80. The number of esters is 1. The van der Waals surface area contributed by atoms with Crippen molar-refractivity contribution in [2.24, 2.45) is 0 Å². The van der Waals surface area contributed by atoms with Gasteiger partial charge in [0, 0.05) is 6.42 Å². The summed E-state index contributed by atoms with van der Waals surface area (Å²) in [4.78, 5) is 21.4. The average Bonchev–Trinajstić information content (AvgIpc) is 2.86. The Hall–Kier alpha value is -2.06. The molecule has 0 aromatic rings. The summed E-state index contributed by atoms with van der Waals surface area (Å²) in [5.74, 6) is -0.458. The van der Waals surface area contributed by atoms with Crippen molar-refractivity contribution in [3.8, 4) is 0 Å². The minimum Gasteiger partial charge on any atom is -0.463 e. The number of phosphoric acid groups is 1. The molecule has 0 rings (SSSR count). The highest BCUT2D eigenvalue weighted by Gasteiger charge is 2.24. The number of allylic oxidation sites excluding steroid dienone is 12. The second-order valence-corrected chi connectivity index (χ2v) is 11.4. The van der Waals surface area contributed by atoms with Crippen molar-refractivity contribution in [3.05, 3.63) is 72.9 Å². The number of hydrogen-bond donors (Lipinski definition) is 2. The number of aliphatic hydroxyl groups excluding tert-OH is 1. The molecular formula is C30H51NO7P+. The monoisotopic (exact) mass is 568 g/mol. The molecule has 0 heterocycles. The van der Waals surface area contributed by atoms with Gasteiger partial charge in [0.2, 0.25) is 0 Å². The van der Waals surface area contributed by atoms with Gasteiger partial charge in [0.1, 0.15) is 25.9 Å². The number of phosphoric ester groups is 1. The van der Waals surface area contributed by atoms with Crippen molar-refractivity contribution in [3.63, 3.8) is 0 Å². The predicted octanol–water partition coefficient (Wildman–Crippen LogP) is 6.21. The molecule has 222 valence electrons. The number of aliphatic hydroxyl groups is 1. The van der Waals surface area contributed by atoms with Gasteiger partial charge in [-0.15, -0.1) is 0 Å². The molecule has 1 unspecified atom stereocenters. The lowest BCUT2D eigenvalue weighted by molar-refractivity contribution is -0.870. The Morgan fingerprint density at radius 3 is 1.69 bits per heavy atom. The van der Waals surface area contributed by atoms with Crippen LogP contribution >= 0.6 is 7.82 Å². The second-order valence-electron chi connectivity index (χ2n) is 9.90. The summed E-state index contributed by atoms with van der Waals surface area (Å²) in [5.41, 5.74) is 0. The minimum atomic E-state index is -4.26. The van der Waals surface area contributed by atoms with E-state index in [0.717, 1.165) is 38.5 Å². The molecule has 2 N–H and O–H groups in total. The summed E-state index contributed by atoms with van der Waals surface area (Å²) in [6.07, 6.45) is 30.6. The summed E-state index contributed by atoms with van der Waals surface area (Å²) in [5, 5.41) is 9.82. The van der Waals surface area contributed by atoms with Gasteiger partial charge in [0.15, 0.2) is 0 Å². The normalized spacial score (nSPS) is 15.5. The van der Waals surface area contributed by atoms with Crippen LogP contribution in [0.2, 0.25) is 0 Å². The first-order chi connectivity index (χ1) is 18.6. The maximum absolute atomic E-state index is 11.8. The van der Waals surface area contributed by atoms with Crippen LogP contribution in [0.5, 0.6) is 0 Å². The third-order valence-electron chi connectivity index (χ3n) is 4.99. The number of carbonyl (C=O) groups excluding carboxylic acids is 1. The Balaban J connectivity index is 3.80. The third-order valence-corrected chi connectivity index (χ3v) is 5.98. The molecule has 0 aliphatic rings. The van der Waals surface area contributed by atoms with Crippen LogP contribution in [0.15, 0.2) is 72.9 Å². The van der Waals surface area contributed by atoms with Crippen LogP contribution in [-0.2, 0) is 23.1 Å². The maximum Gasteiger partial charge on any atom is 0.472 e. The van der Waals surface area contributed by atoms with Gasteiger partial charge in [-0.25, -0.2) is 4.57 Å². The first-order valence-electron chi connectivity index (χ1n) is 13.7. The molecule has 0 spiro atoms. The number of hydrogen-bond acceptors (Lipinski definition) is 6. The van der Waals surface area contributed by atoms with Crippen LogP contribution in [0.1, 0.15) is 58.3 Å². The number of carbonyl (C=O) groups is 1. The predicted molar refractivity (Wildman–Crippen MR) is 159 cm³/mol. The third kappa shape index (κ3) is 28.8. The number of nitrogens with zero attached hydrogens (tertiary/aromatic N) is 1. The van der Waals surface area contributed by atoms with E-state index in [1.54, 1.807) is 0 Å².